The number of hydrogen-bond acceptors (Lipinski definition) is 0. The van der Waals surface area contributed by atoms with Gasteiger partial charge in [0, 0.05) is 86.2 Å². The van der Waals surface area contributed by atoms with E-state index < -0.39 is 0 Å². The van der Waals surface area contributed by atoms with Gasteiger partial charge in [-0.15, -0.1) is 0 Å². The van der Waals surface area contributed by atoms with Gasteiger partial charge in [0.05, 0.1) is 66.2 Å². The Morgan fingerprint density at radius 1 is 0.222 bits per heavy atom. The molecular formula is C104H84N4. The Morgan fingerprint density at radius 3 is 1.05 bits per heavy atom. The zero-order valence-electron chi connectivity index (χ0n) is 64.4. The van der Waals surface area contributed by atoms with E-state index in [1.807, 2.05) is 0 Å². The molecule has 24 aromatic rings. The van der Waals surface area contributed by atoms with Crippen LogP contribution in [0.3, 0.4) is 0 Å². The zero-order chi connectivity index (χ0) is 73.1. The van der Waals surface area contributed by atoms with Crippen molar-refractivity contribution in [2.45, 2.75) is 144 Å². The van der Waals surface area contributed by atoms with Crippen LogP contribution in [0.4, 0.5) is 0 Å². The van der Waals surface area contributed by atoms with Crippen molar-refractivity contribution in [1.82, 2.24) is 17.6 Å². The molecule has 24 rings (SSSR count). The quantitative estimate of drug-likeness (QED) is 0.153. The molecule has 0 aliphatic rings. The SMILES string of the molecule is CC(C)c1c2ccc3c4c(ccc(c24)c2c4cccc5c6ccccc6n(c12)c54)c(C(C)C)c1c3c2cccc3c4cc(CC(C)(C)c5cc6c7cc(C(C)(C)C)ccc7n7c8cc9c(cc8c(c5)c67)c5ccccc5c5cc6c7cc(C(C)(C)C)cc8c%10cc(C(C)(C)C)ccc%10n(c6cc59)c87)ccc4n1c32. The van der Waals surface area contributed by atoms with Crippen LogP contribution in [0, 0.1) is 0 Å². The van der Waals surface area contributed by atoms with Gasteiger partial charge in [-0.25, -0.2) is 0 Å². The molecule has 0 saturated carbocycles. The Kier molecular flexibility index (Phi) is 11.3. The lowest BCUT2D eigenvalue weighted by molar-refractivity contribution is 0.524. The van der Waals surface area contributed by atoms with Crippen molar-refractivity contribution in [1.29, 1.82) is 0 Å². The molecule has 0 aliphatic carbocycles. The molecule has 0 radical (unpaired) electrons. The average Bonchev–Trinajstić information content (AvgIpc) is 1.44. The minimum absolute atomic E-state index is 0.0243. The van der Waals surface area contributed by atoms with Gasteiger partial charge < -0.3 is 17.6 Å². The molecule has 520 valence electrons. The van der Waals surface area contributed by atoms with Gasteiger partial charge in [-0.1, -0.05) is 225 Å². The lowest BCUT2D eigenvalue weighted by Crippen LogP contribution is -2.20. The smallest absolute Gasteiger partial charge is 0.0620 e. The van der Waals surface area contributed by atoms with E-state index in [-0.39, 0.29) is 27.6 Å². The van der Waals surface area contributed by atoms with Gasteiger partial charge >= 0.3 is 0 Å². The molecule has 0 spiro atoms. The predicted octanol–water partition coefficient (Wildman–Crippen LogP) is 29.3. The maximum atomic E-state index is 2.69. The highest BCUT2D eigenvalue weighted by molar-refractivity contribution is 6.42. The molecule has 16 aromatic carbocycles. The average molecular weight is 1390 g/mol. The lowest BCUT2D eigenvalue weighted by atomic mass is 9.78. The third kappa shape index (κ3) is 7.48. The Morgan fingerprint density at radius 2 is 0.574 bits per heavy atom. The van der Waals surface area contributed by atoms with Crippen molar-refractivity contribution in [2.24, 2.45) is 0 Å². The zero-order valence-corrected chi connectivity index (χ0v) is 64.4. The lowest BCUT2D eigenvalue weighted by Gasteiger charge is -2.26. The number of aromatic nitrogens is 4. The van der Waals surface area contributed by atoms with Crippen LogP contribution in [0.2, 0.25) is 0 Å². The fourth-order valence-corrected chi connectivity index (χ4v) is 21.8. The van der Waals surface area contributed by atoms with Crippen molar-refractivity contribution >= 4 is 217 Å². The van der Waals surface area contributed by atoms with E-state index in [0.717, 1.165) is 6.42 Å². The van der Waals surface area contributed by atoms with Gasteiger partial charge in [0.25, 0.3) is 0 Å². The van der Waals surface area contributed by atoms with Gasteiger partial charge in [0.15, 0.2) is 0 Å². The van der Waals surface area contributed by atoms with Crippen molar-refractivity contribution in [3.05, 3.63) is 251 Å². The summed E-state index contributed by atoms with van der Waals surface area (Å²) in [7, 11) is 0. The summed E-state index contributed by atoms with van der Waals surface area (Å²) in [5.41, 5.74) is 25.1. The van der Waals surface area contributed by atoms with E-state index in [1.54, 1.807) is 0 Å². The maximum absolute atomic E-state index is 2.69. The van der Waals surface area contributed by atoms with E-state index in [2.05, 4.69) is 334 Å². The van der Waals surface area contributed by atoms with Crippen LogP contribution in [0.25, 0.3) is 217 Å². The first-order valence-electron chi connectivity index (χ1n) is 39.6. The topological polar surface area (TPSA) is 17.6 Å². The van der Waals surface area contributed by atoms with Crippen molar-refractivity contribution in [2.75, 3.05) is 0 Å². The standard InChI is InChI=1S/C104H84N4/c1-52(2)89-64-33-36-67-92-65(34-35-66(91(64)92)93-68-27-20-25-62-61-24-18-19-29-83(61)107(95(62)68)99(89)93)90(53(3)4)100-94(67)69-28-21-26-63-74-40-54(30-37-86(74)108(100)96(63)69)51-104(14,15)58-45-81-76-42-56(102(8,9)10)32-39-85(76)106-88-50-73-71(48-78(88)82(46-58)98(81)106)60-23-17-16-22-59(60)70-47-77-80-44-57(103(11,12)13)43-79-75-41-55(101(5,6)7)31-38-84(75)105(97(79)80)87(77)49-72(70)73/h16-50,52-53H,51H2,1-15H3. The van der Waals surface area contributed by atoms with Gasteiger partial charge in [-0.3, -0.25) is 0 Å². The van der Waals surface area contributed by atoms with Crippen molar-refractivity contribution < 1.29 is 0 Å². The second-order valence-corrected chi connectivity index (χ2v) is 37.3. The molecule has 0 bridgehead atoms. The first kappa shape index (κ1) is 61.7. The third-order valence-corrected chi connectivity index (χ3v) is 26.8. The molecule has 108 heavy (non-hydrogen) atoms. The Balaban J connectivity index is 0.700. The minimum atomic E-state index is -0.252. The van der Waals surface area contributed by atoms with E-state index >= 15 is 0 Å². The van der Waals surface area contributed by atoms with E-state index in [0.29, 0.717) is 5.92 Å². The Hall–Kier alpha value is -11.5. The van der Waals surface area contributed by atoms with E-state index in [4.69, 9.17) is 0 Å². The fraction of sp³-hybridized carbons (Fsp3) is 0.212. The van der Waals surface area contributed by atoms with Crippen LogP contribution in [0.15, 0.2) is 212 Å². The summed E-state index contributed by atoms with van der Waals surface area (Å²) in [4.78, 5) is 0. The van der Waals surface area contributed by atoms with Crippen molar-refractivity contribution in [3.8, 4) is 0 Å². The van der Waals surface area contributed by atoms with Crippen LogP contribution >= 0.6 is 0 Å². The molecule has 0 N–H and O–H groups in total. The van der Waals surface area contributed by atoms with Crippen molar-refractivity contribution in [3.63, 3.8) is 0 Å². The van der Waals surface area contributed by atoms with Crippen LogP contribution in [-0.2, 0) is 28.1 Å². The number of benzene rings is 16. The van der Waals surface area contributed by atoms with Gasteiger partial charge in [0.1, 0.15) is 0 Å². The molecule has 0 aliphatic heterocycles. The van der Waals surface area contributed by atoms with E-state index in [9.17, 15) is 0 Å². The van der Waals surface area contributed by atoms with Crippen LogP contribution in [0.5, 0.6) is 0 Å². The number of nitrogens with zero attached hydrogens (tertiary/aromatic N) is 4. The molecule has 0 amide bonds. The number of para-hydroxylation sites is 3. The van der Waals surface area contributed by atoms with Gasteiger partial charge in [-0.2, -0.15) is 0 Å². The third-order valence-electron chi connectivity index (χ3n) is 26.8. The summed E-state index contributed by atoms with van der Waals surface area (Å²) >= 11 is 0. The van der Waals surface area contributed by atoms with E-state index in [1.165, 1.54) is 256 Å². The summed E-state index contributed by atoms with van der Waals surface area (Å²) in [6.07, 6.45) is 0.876. The first-order chi connectivity index (χ1) is 51.9. The summed E-state index contributed by atoms with van der Waals surface area (Å²) in [6.45, 7) is 35.9. The van der Waals surface area contributed by atoms with Crippen LogP contribution in [0.1, 0.15) is 155 Å². The number of hydrogen-bond donors (Lipinski definition) is 0. The highest BCUT2D eigenvalue weighted by Gasteiger charge is 2.34. The normalized spacial score (nSPS) is 13.9. The summed E-state index contributed by atoms with van der Waals surface area (Å²) in [5.74, 6) is 0.559. The predicted molar refractivity (Wildman–Crippen MR) is 469 cm³/mol. The summed E-state index contributed by atoms with van der Waals surface area (Å²) in [5, 5.41) is 37.5. The van der Waals surface area contributed by atoms with Crippen LogP contribution in [-0.4, -0.2) is 17.6 Å². The molecule has 4 nitrogen and oxygen atoms in total. The van der Waals surface area contributed by atoms with Gasteiger partial charge in [-0.05, 0) is 234 Å². The van der Waals surface area contributed by atoms with Gasteiger partial charge in [0.2, 0.25) is 0 Å². The molecule has 8 aromatic heterocycles. The second-order valence-electron chi connectivity index (χ2n) is 37.3. The molecule has 0 unspecified atom stereocenters. The largest absolute Gasteiger partial charge is 0.308 e. The second kappa shape index (κ2) is 19.8. The highest BCUT2D eigenvalue weighted by atomic mass is 14.9. The fourth-order valence-electron chi connectivity index (χ4n) is 21.8. The Labute approximate surface area is 625 Å². The molecule has 4 heteroatoms. The van der Waals surface area contributed by atoms with Crippen LogP contribution < -0.4 is 0 Å². The highest BCUT2D eigenvalue weighted by Crippen LogP contribution is 2.56. The molecular weight excluding hydrogens is 1310 g/mol. The molecule has 0 saturated heterocycles. The molecule has 0 fully saturated rings. The first-order valence-corrected chi connectivity index (χ1v) is 39.6. The summed E-state index contributed by atoms with van der Waals surface area (Å²) in [6, 6.07) is 85.1. The maximum Gasteiger partial charge on any atom is 0.0620 e. The number of fused-ring (bicyclic) bond motifs is 32. The Bertz CT molecular complexity index is 8210. The molecule has 0 atom stereocenters. The number of rotatable bonds is 5. The summed E-state index contributed by atoms with van der Waals surface area (Å²) < 4.78 is 10.5. The monoisotopic (exact) mass is 1390 g/mol. The molecule has 8 heterocycles. The minimum Gasteiger partial charge on any atom is -0.308 e.